The van der Waals surface area contributed by atoms with Gasteiger partial charge in [0.1, 0.15) is 0 Å². The van der Waals surface area contributed by atoms with E-state index in [0.29, 0.717) is 0 Å². The van der Waals surface area contributed by atoms with E-state index in [1.54, 1.807) is 32.9 Å². The van der Waals surface area contributed by atoms with Crippen molar-refractivity contribution in [1.82, 2.24) is 0 Å². The lowest BCUT2D eigenvalue weighted by atomic mass is 9.85. The Morgan fingerprint density at radius 3 is 2.21 bits per heavy atom. The minimum Gasteiger partial charge on any atom is -0.0599 e. The Labute approximate surface area is 95.4 Å². The summed E-state index contributed by atoms with van der Waals surface area (Å²) in [5.41, 5.74) is 1.52. The summed E-state index contributed by atoms with van der Waals surface area (Å²) < 4.78 is 39.5. The summed E-state index contributed by atoms with van der Waals surface area (Å²) in [4.78, 5) is 0. The van der Waals surface area contributed by atoms with Crippen molar-refractivity contribution in [3.63, 3.8) is 0 Å². The molecule has 0 spiro atoms. The zero-order valence-electron chi connectivity index (χ0n) is 14.7. The molecule has 0 fully saturated rings. The molecule has 0 amide bonds. The van der Waals surface area contributed by atoms with Gasteiger partial charge in [-0.25, -0.2) is 0 Å². The maximum atomic E-state index is 8.32. The molecule has 0 aliphatic heterocycles. The molecule has 0 saturated carbocycles. The second-order valence-corrected chi connectivity index (χ2v) is 4.86. The Balaban J connectivity index is 3.64. The van der Waals surface area contributed by atoms with Crippen LogP contribution in [-0.4, -0.2) is 0 Å². The Morgan fingerprint density at radius 1 is 1.14 bits per heavy atom. The van der Waals surface area contributed by atoms with Crippen LogP contribution in [0.1, 0.15) is 49.9 Å². The summed E-state index contributed by atoms with van der Waals surface area (Å²) >= 11 is 0. The summed E-state index contributed by atoms with van der Waals surface area (Å²) in [6, 6.07) is 3.28. The lowest BCUT2D eigenvalue weighted by molar-refractivity contribution is 0.410. The van der Waals surface area contributed by atoms with E-state index in [-0.39, 0.29) is 11.1 Å². The standard InChI is InChI=1S/C14H22/c1-10-7-12(3)13(8-11(10)2)9-14(4,5)6/h7-8H,9H2,1-6H3/i3D3,9D2. The van der Waals surface area contributed by atoms with Gasteiger partial charge in [0.05, 0.1) is 0 Å². The van der Waals surface area contributed by atoms with Crippen molar-refractivity contribution in [3.8, 4) is 0 Å². The normalized spacial score (nSPS) is 19.1. The van der Waals surface area contributed by atoms with E-state index in [1.807, 2.05) is 13.8 Å². The molecule has 0 radical (unpaired) electrons. The Bertz CT molecular complexity index is 478. The highest BCUT2D eigenvalue weighted by molar-refractivity contribution is 5.36. The maximum Gasteiger partial charge on any atom is 0.0321 e. The Hall–Kier alpha value is -0.780. The first-order valence-corrected chi connectivity index (χ1v) is 4.90. The van der Waals surface area contributed by atoms with E-state index in [9.17, 15) is 0 Å². The molecule has 0 atom stereocenters. The van der Waals surface area contributed by atoms with Gasteiger partial charge in [-0.05, 0) is 54.7 Å². The van der Waals surface area contributed by atoms with Crippen molar-refractivity contribution in [2.24, 2.45) is 5.41 Å². The van der Waals surface area contributed by atoms with Crippen LogP contribution in [0.2, 0.25) is 0 Å². The molecule has 1 rings (SSSR count). The van der Waals surface area contributed by atoms with Crippen molar-refractivity contribution < 1.29 is 6.85 Å². The third kappa shape index (κ3) is 2.87. The number of benzene rings is 1. The first-order chi connectivity index (χ1) is 8.28. The molecule has 0 heterocycles. The van der Waals surface area contributed by atoms with Gasteiger partial charge >= 0.3 is 0 Å². The predicted octanol–water partition coefficient (Wildman–Crippen LogP) is 4.20. The van der Waals surface area contributed by atoms with Gasteiger partial charge in [0.15, 0.2) is 0 Å². The smallest absolute Gasteiger partial charge is 0.0321 e. The van der Waals surface area contributed by atoms with E-state index >= 15 is 0 Å². The van der Waals surface area contributed by atoms with Crippen LogP contribution < -0.4 is 0 Å². The summed E-state index contributed by atoms with van der Waals surface area (Å²) in [7, 11) is 0. The number of aryl methyl sites for hydroxylation is 3. The maximum absolute atomic E-state index is 8.32. The molecule has 0 bridgehead atoms. The second-order valence-electron chi connectivity index (χ2n) is 4.86. The SMILES string of the molecule is [2H]C([2H])([2H])c1cc(C)c(C)cc1C([2H])([2H])C(C)(C)C. The monoisotopic (exact) mass is 195 g/mol. The van der Waals surface area contributed by atoms with Crippen LogP contribution in [0.5, 0.6) is 0 Å². The van der Waals surface area contributed by atoms with Gasteiger partial charge in [-0.3, -0.25) is 0 Å². The summed E-state index contributed by atoms with van der Waals surface area (Å²) in [5.74, 6) is 0. The molecule has 1 aromatic rings. The van der Waals surface area contributed by atoms with E-state index in [0.717, 1.165) is 11.1 Å². The van der Waals surface area contributed by atoms with Crippen LogP contribution in [0.4, 0.5) is 0 Å². The summed E-state index contributed by atoms with van der Waals surface area (Å²) in [5, 5.41) is 0. The third-order valence-electron chi connectivity index (χ3n) is 2.14. The second kappa shape index (κ2) is 3.76. The highest BCUT2D eigenvalue weighted by atomic mass is 14.2. The topological polar surface area (TPSA) is 0 Å². The predicted molar refractivity (Wildman–Crippen MR) is 63.8 cm³/mol. The molecule has 0 nitrogen and oxygen atoms in total. The first-order valence-electron chi connectivity index (χ1n) is 7.40. The quantitative estimate of drug-likeness (QED) is 0.630. The van der Waals surface area contributed by atoms with Gasteiger partial charge in [-0.15, -0.1) is 0 Å². The van der Waals surface area contributed by atoms with Crippen molar-refractivity contribution >= 4 is 0 Å². The molecule has 0 N–H and O–H groups in total. The highest BCUT2D eigenvalue weighted by Crippen LogP contribution is 2.24. The van der Waals surface area contributed by atoms with Gasteiger partial charge < -0.3 is 0 Å². The van der Waals surface area contributed by atoms with Gasteiger partial charge in [-0.1, -0.05) is 32.9 Å². The molecule has 1 aromatic carbocycles. The van der Waals surface area contributed by atoms with Gasteiger partial charge in [0.2, 0.25) is 0 Å². The molecule has 0 aliphatic rings. The molecular formula is C14H22. The third-order valence-corrected chi connectivity index (χ3v) is 2.14. The molecule has 78 valence electrons. The number of hydrogen-bond donors (Lipinski definition) is 0. The van der Waals surface area contributed by atoms with Crippen molar-refractivity contribution in [3.05, 3.63) is 34.4 Å². The van der Waals surface area contributed by atoms with E-state index in [1.165, 1.54) is 0 Å². The lowest BCUT2D eigenvalue weighted by Gasteiger charge is -2.20. The summed E-state index contributed by atoms with van der Waals surface area (Å²) in [6.45, 7) is 6.77. The van der Waals surface area contributed by atoms with E-state index < -0.39 is 18.6 Å². The zero-order valence-corrected chi connectivity index (χ0v) is 9.65. The van der Waals surface area contributed by atoms with Crippen LogP contribution in [-0.2, 0) is 6.37 Å². The van der Waals surface area contributed by atoms with Crippen LogP contribution >= 0.6 is 0 Å². The van der Waals surface area contributed by atoms with Crippen LogP contribution in [0.3, 0.4) is 0 Å². The van der Waals surface area contributed by atoms with E-state index in [2.05, 4.69) is 0 Å². The minimum absolute atomic E-state index is 0.121. The molecular weight excluding hydrogens is 168 g/mol. The molecule has 0 saturated heterocycles. The fourth-order valence-corrected chi connectivity index (χ4v) is 1.32. The molecule has 14 heavy (non-hydrogen) atoms. The van der Waals surface area contributed by atoms with Crippen molar-refractivity contribution in [2.75, 3.05) is 0 Å². The average molecular weight is 195 g/mol. The Kier molecular flexibility index (Phi) is 1.60. The first kappa shape index (κ1) is 5.95. The fraction of sp³-hybridized carbons (Fsp3) is 0.571. The minimum atomic E-state index is -2.30. The highest BCUT2D eigenvalue weighted by Gasteiger charge is 2.13. The van der Waals surface area contributed by atoms with Gasteiger partial charge in [0, 0.05) is 6.85 Å². The van der Waals surface area contributed by atoms with Crippen LogP contribution in [0, 0.1) is 26.1 Å². The van der Waals surface area contributed by atoms with Crippen molar-refractivity contribution in [1.29, 1.82) is 0 Å². The number of hydrogen-bond acceptors (Lipinski definition) is 0. The lowest BCUT2D eigenvalue weighted by Crippen LogP contribution is -2.10. The van der Waals surface area contributed by atoms with Crippen molar-refractivity contribution in [2.45, 2.75) is 47.8 Å². The summed E-state index contributed by atoms with van der Waals surface area (Å²) in [6.07, 6.45) is -1.70. The van der Waals surface area contributed by atoms with Gasteiger partial charge in [-0.2, -0.15) is 0 Å². The number of rotatable bonds is 1. The Morgan fingerprint density at radius 2 is 1.71 bits per heavy atom. The molecule has 0 heteroatoms. The zero-order chi connectivity index (χ0) is 15.2. The molecule has 0 aliphatic carbocycles. The van der Waals surface area contributed by atoms with Gasteiger partial charge in [0.25, 0.3) is 0 Å². The molecule has 0 unspecified atom stereocenters. The average Bonchev–Trinajstić information content (AvgIpc) is 2.17. The van der Waals surface area contributed by atoms with E-state index in [4.69, 9.17) is 6.85 Å². The molecule has 0 aromatic heterocycles. The fourth-order valence-electron chi connectivity index (χ4n) is 1.32. The van der Waals surface area contributed by atoms with Crippen LogP contribution in [0.25, 0.3) is 0 Å². The van der Waals surface area contributed by atoms with Crippen LogP contribution in [0.15, 0.2) is 12.1 Å². The largest absolute Gasteiger partial charge is 0.0599 e.